The first-order valence-electron chi connectivity index (χ1n) is 38.7. The molecule has 0 aromatic carbocycles. The molecule has 94 heavy (non-hydrogen) atoms. The molecule has 0 rings (SSSR count). The Kier molecular flexibility index (Phi) is 63.1. The molecule has 19 heteroatoms. The molecule has 0 saturated heterocycles. The summed E-state index contributed by atoms with van der Waals surface area (Å²) in [4.78, 5) is 72.7. The van der Waals surface area contributed by atoms with Gasteiger partial charge in [-0.1, -0.05) is 325 Å². The molecule has 558 valence electrons. The number of unbranched alkanes of at least 4 members (excludes halogenated alkanes) is 38. The van der Waals surface area contributed by atoms with Crippen molar-refractivity contribution in [1.82, 2.24) is 0 Å². The first-order valence-corrected chi connectivity index (χ1v) is 41.7. The highest BCUT2D eigenvalue weighted by molar-refractivity contribution is 7.47. The van der Waals surface area contributed by atoms with Crippen molar-refractivity contribution in [2.75, 3.05) is 39.6 Å². The van der Waals surface area contributed by atoms with Crippen LogP contribution in [0.1, 0.15) is 376 Å². The molecular formula is C75H146O17P2. The molecule has 5 atom stereocenters. The molecule has 0 aliphatic rings. The van der Waals surface area contributed by atoms with E-state index < -0.39 is 97.5 Å². The molecule has 17 nitrogen and oxygen atoms in total. The minimum Gasteiger partial charge on any atom is -0.462 e. The van der Waals surface area contributed by atoms with Crippen LogP contribution in [0, 0.1) is 23.7 Å². The number of esters is 4. The molecule has 0 heterocycles. The fraction of sp³-hybridized carbons (Fsp3) is 0.947. The highest BCUT2D eigenvalue weighted by Crippen LogP contribution is 2.45. The highest BCUT2D eigenvalue weighted by Gasteiger charge is 2.30. The molecule has 0 fully saturated rings. The quantitative estimate of drug-likeness (QED) is 0.0222. The van der Waals surface area contributed by atoms with Gasteiger partial charge in [-0.05, 0) is 49.4 Å². The maximum atomic E-state index is 13.1. The predicted octanol–water partition coefficient (Wildman–Crippen LogP) is 21.7. The van der Waals surface area contributed by atoms with Crippen LogP contribution in [-0.2, 0) is 65.4 Å². The molecule has 0 aliphatic heterocycles. The lowest BCUT2D eigenvalue weighted by atomic mass is 10.0. The summed E-state index contributed by atoms with van der Waals surface area (Å²) in [6.45, 7) is 14.1. The van der Waals surface area contributed by atoms with Crippen LogP contribution in [-0.4, -0.2) is 96.7 Å². The fourth-order valence-corrected chi connectivity index (χ4v) is 13.0. The molecule has 0 aromatic rings. The molecule has 0 aromatic heterocycles. The predicted molar refractivity (Wildman–Crippen MR) is 381 cm³/mol. The molecular weight excluding hydrogens is 1230 g/mol. The summed E-state index contributed by atoms with van der Waals surface area (Å²) in [5.74, 6) is 0.867. The summed E-state index contributed by atoms with van der Waals surface area (Å²) < 4.78 is 68.4. The van der Waals surface area contributed by atoms with E-state index in [0.29, 0.717) is 37.5 Å². The van der Waals surface area contributed by atoms with Gasteiger partial charge in [0.1, 0.15) is 19.3 Å². The van der Waals surface area contributed by atoms with E-state index in [1.54, 1.807) is 0 Å². The Morgan fingerprint density at radius 3 is 0.660 bits per heavy atom. The van der Waals surface area contributed by atoms with E-state index in [9.17, 15) is 43.2 Å². The van der Waals surface area contributed by atoms with E-state index in [4.69, 9.17) is 37.0 Å². The number of aliphatic hydroxyl groups is 1. The van der Waals surface area contributed by atoms with Gasteiger partial charge in [0.2, 0.25) is 0 Å². The van der Waals surface area contributed by atoms with Crippen LogP contribution in [0.15, 0.2) is 0 Å². The van der Waals surface area contributed by atoms with Crippen LogP contribution < -0.4 is 0 Å². The van der Waals surface area contributed by atoms with E-state index in [-0.39, 0.29) is 25.7 Å². The van der Waals surface area contributed by atoms with E-state index in [0.717, 1.165) is 108 Å². The number of carbonyl (C=O) groups is 4. The van der Waals surface area contributed by atoms with Gasteiger partial charge in [-0.25, -0.2) is 9.13 Å². The number of phosphoric acid groups is 2. The largest absolute Gasteiger partial charge is 0.472 e. The normalized spacial score (nSPS) is 14.2. The van der Waals surface area contributed by atoms with Crippen LogP contribution in [0.3, 0.4) is 0 Å². The molecule has 0 saturated carbocycles. The average Bonchev–Trinajstić information content (AvgIpc) is 2.18. The van der Waals surface area contributed by atoms with Crippen LogP contribution in [0.25, 0.3) is 0 Å². The van der Waals surface area contributed by atoms with Gasteiger partial charge in [-0.15, -0.1) is 0 Å². The van der Waals surface area contributed by atoms with Crippen molar-refractivity contribution in [3.05, 3.63) is 0 Å². The summed E-state index contributed by atoms with van der Waals surface area (Å²) in [7, 11) is -9.91. The zero-order chi connectivity index (χ0) is 69.6. The molecule has 3 unspecified atom stereocenters. The summed E-state index contributed by atoms with van der Waals surface area (Å²) in [6.07, 6.45) is 48.8. The Balaban J connectivity index is 5.22. The van der Waals surface area contributed by atoms with E-state index in [1.165, 1.54) is 173 Å². The molecule has 0 amide bonds. The van der Waals surface area contributed by atoms with Crippen molar-refractivity contribution in [2.45, 2.75) is 395 Å². The zero-order valence-corrected chi connectivity index (χ0v) is 63.4. The Morgan fingerprint density at radius 2 is 0.447 bits per heavy atom. The number of hydrogen-bond donors (Lipinski definition) is 3. The number of rotatable bonds is 72. The van der Waals surface area contributed by atoms with Crippen molar-refractivity contribution >= 4 is 39.5 Å². The van der Waals surface area contributed by atoms with Gasteiger partial charge < -0.3 is 33.8 Å². The van der Waals surface area contributed by atoms with E-state index in [2.05, 4.69) is 55.4 Å². The monoisotopic (exact) mass is 1380 g/mol. The maximum absolute atomic E-state index is 13.1. The van der Waals surface area contributed by atoms with Crippen LogP contribution in [0.5, 0.6) is 0 Å². The maximum Gasteiger partial charge on any atom is 0.472 e. The number of phosphoric ester groups is 2. The minimum atomic E-state index is -4.96. The Labute approximate surface area is 575 Å². The highest BCUT2D eigenvalue weighted by atomic mass is 31.2. The zero-order valence-electron chi connectivity index (χ0n) is 61.6. The summed E-state index contributed by atoms with van der Waals surface area (Å²) in [6, 6.07) is 0. The van der Waals surface area contributed by atoms with E-state index in [1.807, 2.05) is 0 Å². The number of carbonyl (C=O) groups excluding carboxylic acids is 4. The first kappa shape index (κ1) is 92.1. The second-order valence-electron chi connectivity index (χ2n) is 28.9. The van der Waals surface area contributed by atoms with Gasteiger partial charge in [-0.3, -0.25) is 37.3 Å². The van der Waals surface area contributed by atoms with Crippen LogP contribution >= 0.6 is 15.6 Å². The molecule has 0 spiro atoms. The van der Waals surface area contributed by atoms with Gasteiger partial charge in [-0.2, -0.15) is 0 Å². The first-order chi connectivity index (χ1) is 45.1. The number of hydrogen-bond acceptors (Lipinski definition) is 15. The standard InChI is InChI=1S/C75H146O17P2/c1-65(2)51-43-35-27-21-17-13-11-9-10-12-14-20-24-32-41-49-57-74(79)91-70(61-85-72(77)55-47-39-31-23-19-16-15-18-22-28-36-44-52-66(3)4)63-89-93(81,82)87-59-69(76)60-88-94(83,84)90-64-71(92-75(80)58-50-42-34-26-30-38-46-54-68(7)8)62-86-73(78)56-48-40-33-25-29-37-45-53-67(5)6/h65-71,76H,9-64H2,1-8H3,(H,81,82)(H,83,84)/t69?,70-,71-/m1/s1. The Morgan fingerprint density at radius 1 is 0.266 bits per heavy atom. The third-order valence-corrected chi connectivity index (χ3v) is 19.2. The van der Waals surface area contributed by atoms with Gasteiger partial charge in [0, 0.05) is 25.7 Å². The second-order valence-corrected chi connectivity index (χ2v) is 31.9. The van der Waals surface area contributed by atoms with Gasteiger partial charge >= 0.3 is 39.5 Å². The molecule has 0 bridgehead atoms. The summed E-state index contributed by atoms with van der Waals surface area (Å²) in [5.41, 5.74) is 0. The van der Waals surface area contributed by atoms with Crippen LogP contribution in [0.2, 0.25) is 0 Å². The van der Waals surface area contributed by atoms with Crippen molar-refractivity contribution in [3.8, 4) is 0 Å². The third-order valence-electron chi connectivity index (χ3n) is 17.3. The SMILES string of the molecule is CC(C)CCCCCCCCCCCCCCCCCCC(=O)O[C@H](COC(=O)CCCCCCCCCCCCCCC(C)C)COP(=O)(O)OCC(O)COP(=O)(O)OC[C@@H](COC(=O)CCCCCCCCCC(C)C)OC(=O)CCCCCCCCCC(C)C. The smallest absolute Gasteiger partial charge is 0.462 e. The lowest BCUT2D eigenvalue weighted by Gasteiger charge is -2.21. The number of aliphatic hydroxyl groups excluding tert-OH is 1. The minimum absolute atomic E-state index is 0.102. The fourth-order valence-electron chi connectivity index (χ4n) is 11.4. The Bertz CT molecular complexity index is 1850. The van der Waals surface area contributed by atoms with Gasteiger partial charge in [0.05, 0.1) is 26.4 Å². The van der Waals surface area contributed by atoms with Crippen molar-refractivity contribution < 1.29 is 80.2 Å². The van der Waals surface area contributed by atoms with Gasteiger partial charge in [0.25, 0.3) is 0 Å². The number of ether oxygens (including phenoxy) is 4. The van der Waals surface area contributed by atoms with Crippen LogP contribution in [0.4, 0.5) is 0 Å². The lowest BCUT2D eigenvalue weighted by Crippen LogP contribution is -2.30. The van der Waals surface area contributed by atoms with Crippen molar-refractivity contribution in [1.29, 1.82) is 0 Å². The van der Waals surface area contributed by atoms with Gasteiger partial charge in [0.15, 0.2) is 12.2 Å². The lowest BCUT2D eigenvalue weighted by molar-refractivity contribution is -0.161. The van der Waals surface area contributed by atoms with Crippen molar-refractivity contribution in [3.63, 3.8) is 0 Å². The van der Waals surface area contributed by atoms with E-state index >= 15 is 0 Å². The third kappa shape index (κ3) is 68.6. The van der Waals surface area contributed by atoms with Crippen molar-refractivity contribution in [2.24, 2.45) is 23.7 Å². The second kappa shape index (κ2) is 64.4. The summed E-state index contributed by atoms with van der Waals surface area (Å²) >= 11 is 0. The molecule has 3 N–H and O–H groups in total. The molecule has 0 aliphatic carbocycles. The topological polar surface area (TPSA) is 237 Å². The molecule has 0 radical (unpaired) electrons. The Hall–Kier alpha value is -1.94. The average molecular weight is 1380 g/mol. The summed E-state index contributed by atoms with van der Waals surface area (Å²) in [5, 5.41) is 10.6.